The molecule has 2 atom stereocenters. The van der Waals surface area contributed by atoms with Crippen molar-refractivity contribution in [2.24, 2.45) is 5.92 Å². The Morgan fingerprint density at radius 1 is 1.41 bits per heavy atom. The SMILES string of the molecule is CN1C2CCC1CC(C(=O)c1sccc1Br)C2. The second-order valence-electron chi connectivity index (χ2n) is 5.18. The number of hydrogen-bond donors (Lipinski definition) is 0. The van der Waals surface area contributed by atoms with E-state index >= 15 is 0 Å². The third kappa shape index (κ3) is 2.00. The van der Waals surface area contributed by atoms with E-state index in [9.17, 15) is 4.79 Å². The van der Waals surface area contributed by atoms with E-state index < -0.39 is 0 Å². The Morgan fingerprint density at radius 2 is 2.06 bits per heavy atom. The Hall–Kier alpha value is -0.190. The summed E-state index contributed by atoms with van der Waals surface area (Å²) in [7, 11) is 2.21. The smallest absolute Gasteiger partial charge is 0.177 e. The maximum absolute atomic E-state index is 12.5. The zero-order chi connectivity index (χ0) is 12.0. The lowest BCUT2D eigenvalue weighted by Crippen LogP contribution is -2.41. The highest BCUT2D eigenvalue weighted by atomic mass is 79.9. The van der Waals surface area contributed by atoms with Gasteiger partial charge in [0, 0.05) is 22.5 Å². The summed E-state index contributed by atoms with van der Waals surface area (Å²) in [5, 5.41) is 1.99. The molecule has 0 radical (unpaired) electrons. The largest absolute Gasteiger partial charge is 0.300 e. The molecule has 3 heterocycles. The van der Waals surface area contributed by atoms with Gasteiger partial charge in [-0.2, -0.15) is 0 Å². The summed E-state index contributed by atoms with van der Waals surface area (Å²) in [5.74, 6) is 0.607. The van der Waals surface area contributed by atoms with Crippen molar-refractivity contribution in [1.29, 1.82) is 0 Å². The zero-order valence-corrected chi connectivity index (χ0v) is 12.3. The lowest BCUT2D eigenvalue weighted by molar-refractivity contribution is 0.0770. The Morgan fingerprint density at radius 3 is 2.59 bits per heavy atom. The zero-order valence-electron chi connectivity index (χ0n) is 9.86. The fourth-order valence-electron chi connectivity index (χ4n) is 3.28. The Bertz CT molecular complexity index is 430. The molecule has 2 aliphatic heterocycles. The van der Waals surface area contributed by atoms with Crippen molar-refractivity contribution in [3.8, 4) is 0 Å². The van der Waals surface area contributed by atoms with Crippen molar-refractivity contribution in [2.75, 3.05) is 7.05 Å². The van der Waals surface area contributed by atoms with Gasteiger partial charge < -0.3 is 4.90 Å². The van der Waals surface area contributed by atoms with Gasteiger partial charge in [0.05, 0.1) is 4.88 Å². The summed E-state index contributed by atoms with van der Waals surface area (Å²) in [5.41, 5.74) is 0. The van der Waals surface area contributed by atoms with Crippen molar-refractivity contribution < 1.29 is 4.79 Å². The van der Waals surface area contributed by atoms with E-state index in [1.807, 2.05) is 11.4 Å². The van der Waals surface area contributed by atoms with Crippen LogP contribution in [-0.4, -0.2) is 29.8 Å². The van der Waals surface area contributed by atoms with Gasteiger partial charge in [-0.3, -0.25) is 4.79 Å². The molecule has 1 aromatic rings. The molecule has 2 nitrogen and oxygen atoms in total. The summed E-state index contributed by atoms with van der Waals surface area (Å²) in [6.07, 6.45) is 4.65. The number of piperidine rings is 1. The summed E-state index contributed by atoms with van der Waals surface area (Å²) >= 11 is 5.04. The third-order valence-electron chi connectivity index (χ3n) is 4.31. The van der Waals surface area contributed by atoms with Crippen LogP contribution in [0.15, 0.2) is 15.9 Å². The fourth-order valence-corrected chi connectivity index (χ4v) is 4.87. The topological polar surface area (TPSA) is 20.3 Å². The van der Waals surface area contributed by atoms with Gasteiger partial charge in [-0.25, -0.2) is 0 Å². The van der Waals surface area contributed by atoms with Gasteiger partial charge in [0.15, 0.2) is 5.78 Å². The fraction of sp³-hybridized carbons (Fsp3) is 0.615. The van der Waals surface area contributed by atoms with Gasteiger partial charge in [0.1, 0.15) is 0 Å². The van der Waals surface area contributed by atoms with Gasteiger partial charge in [0.2, 0.25) is 0 Å². The minimum absolute atomic E-state index is 0.249. The molecular weight excluding hydrogens is 298 g/mol. The van der Waals surface area contributed by atoms with Crippen molar-refractivity contribution in [3.63, 3.8) is 0 Å². The van der Waals surface area contributed by atoms with Crippen LogP contribution in [0.2, 0.25) is 0 Å². The quantitative estimate of drug-likeness (QED) is 0.778. The first-order valence-corrected chi connectivity index (χ1v) is 7.83. The number of ketones is 1. The number of hydrogen-bond acceptors (Lipinski definition) is 3. The van der Waals surface area contributed by atoms with Gasteiger partial charge in [-0.15, -0.1) is 11.3 Å². The Labute approximate surface area is 114 Å². The molecule has 0 aromatic carbocycles. The van der Waals surface area contributed by atoms with Gasteiger partial charge >= 0.3 is 0 Å². The molecular formula is C13H16BrNOS. The Kier molecular flexibility index (Phi) is 3.13. The van der Waals surface area contributed by atoms with Crippen LogP contribution in [0.4, 0.5) is 0 Å². The van der Waals surface area contributed by atoms with Crippen LogP contribution in [0.1, 0.15) is 35.4 Å². The lowest BCUT2D eigenvalue weighted by atomic mass is 9.87. The van der Waals surface area contributed by atoms with Crippen LogP contribution >= 0.6 is 27.3 Å². The van der Waals surface area contributed by atoms with Crippen LogP contribution in [-0.2, 0) is 0 Å². The number of thiophene rings is 1. The highest BCUT2D eigenvalue weighted by molar-refractivity contribution is 9.10. The summed E-state index contributed by atoms with van der Waals surface area (Å²) in [4.78, 5) is 15.9. The van der Waals surface area contributed by atoms with Crippen molar-refractivity contribution in [2.45, 2.75) is 37.8 Å². The lowest BCUT2D eigenvalue weighted by Gasteiger charge is -2.35. The predicted octanol–water partition coefficient (Wildman–Crippen LogP) is 3.57. The molecule has 0 saturated carbocycles. The van der Waals surface area contributed by atoms with E-state index in [1.165, 1.54) is 12.8 Å². The highest BCUT2D eigenvalue weighted by Crippen LogP contribution is 2.40. The number of nitrogens with zero attached hydrogens (tertiary/aromatic N) is 1. The molecule has 0 N–H and O–H groups in total. The first-order chi connectivity index (χ1) is 8.16. The van der Waals surface area contributed by atoms with Crippen molar-refractivity contribution in [1.82, 2.24) is 4.90 Å². The minimum atomic E-state index is 0.249. The van der Waals surface area contributed by atoms with Gasteiger partial charge in [0.25, 0.3) is 0 Å². The van der Waals surface area contributed by atoms with Crippen molar-refractivity contribution >= 4 is 33.0 Å². The molecule has 2 fully saturated rings. The standard InChI is InChI=1S/C13H16BrNOS/c1-15-9-2-3-10(15)7-8(6-9)12(16)13-11(14)4-5-17-13/h4-5,8-10H,2-3,6-7H2,1H3. The molecule has 4 heteroatoms. The predicted molar refractivity (Wildman–Crippen MR) is 73.6 cm³/mol. The molecule has 2 saturated heterocycles. The summed E-state index contributed by atoms with van der Waals surface area (Å²) in [6, 6.07) is 3.25. The van der Waals surface area contributed by atoms with E-state index in [2.05, 4.69) is 27.9 Å². The van der Waals surface area contributed by atoms with E-state index in [0.29, 0.717) is 17.9 Å². The average Bonchev–Trinajstić information content (AvgIpc) is 2.79. The molecule has 17 heavy (non-hydrogen) atoms. The molecule has 92 valence electrons. The molecule has 0 aliphatic carbocycles. The van der Waals surface area contributed by atoms with Crippen LogP contribution in [0, 0.1) is 5.92 Å². The third-order valence-corrected chi connectivity index (χ3v) is 6.16. The average molecular weight is 314 g/mol. The maximum Gasteiger partial charge on any atom is 0.177 e. The number of fused-ring (bicyclic) bond motifs is 2. The molecule has 0 amide bonds. The first-order valence-electron chi connectivity index (χ1n) is 6.16. The second kappa shape index (κ2) is 4.48. The Balaban J connectivity index is 1.79. The number of rotatable bonds is 2. The summed E-state index contributed by atoms with van der Waals surface area (Å²) in [6.45, 7) is 0. The van der Waals surface area contributed by atoms with E-state index in [1.54, 1.807) is 11.3 Å². The van der Waals surface area contributed by atoms with Crippen LogP contribution in [0.5, 0.6) is 0 Å². The molecule has 3 rings (SSSR count). The number of carbonyl (C=O) groups excluding carboxylic acids is 1. The molecule has 1 aromatic heterocycles. The molecule has 2 aliphatic rings. The van der Waals surface area contributed by atoms with Gasteiger partial charge in [-0.05, 0) is 60.1 Å². The normalized spacial score (nSPS) is 32.9. The monoisotopic (exact) mass is 313 g/mol. The molecule has 2 bridgehead atoms. The maximum atomic E-state index is 12.5. The number of halogens is 1. The number of Topliss-reactive ketones (excluding diaryl/α,β-unsaturated/α-hetero) is 1. The van der Waals surface area contributed by atoms with E-state index in [0.717, 1.165) is 22.2 Å². The first kappa shape index (κ1) is 11.9. The molecule has 0 spiro atoms. The summed E-state index contributed by atoms with van der Waals surface area (Å²) < 4.78 is 0.971. The van der Waals surface area contributed by atoms with Crippen LogP contribution in [0.3, 0.4) is 0 Å². The van der Waals surface area contributed by atoms with Gasteiger partial charge in [-0.1, -0.05) is 0 Å². The van der Waals surface area contributed by atoms with Crippen LogP contribution < -0.4 is 0 Å². The molecule has 2 unspecified atom stereocenters. The van der Waals surface area contributed by atoms with E-state index in [-0.39, 0.29) is 5.92 Å². The van der Waals surface area contributed by atoms with E-state index in [4.69, 9.17) is 0 Å². The minimum Gasteiger partial charge on any atom is -0.300 e. The highest BCUT2D eigenvalue weighted by Gasteiger charge is 2.41. The van der Waals surface area contributed by atoms with Crippen LogP contribution in [0.25, 0.3) is 0 Å². The second-order valence-corrected chi connectivity index (χ2v) is 6.95. The number of carbonyl (C=O) groups is 1. The van der Waals surface area contributed by atoms with Crippen molar-refractivity contribution in [3.05, 3.63) is 20.8 Å².